The molecule has 1 unspecified atom stereocenters. The molecule has 27 heavy (non-hydrogen) atoms. The van der Waals surface area contributed by atoms with Crippen molar-refractivity contribution in [2.24, 2.45) is 0 Å². The largest absolute Gasteiger partial charge is 0.432 e. The molecule has 0 fully saturated rings. The molecule has 0 bridgehead atoms. The number of nitrogens with zero attached hydrogens (tertiary/aromatic N) is 1. The Balaban J connectivity index is 2.37. The third-order valence-corrected chi connectivity index (χ3v) is 5.29. The second kappa shape index (κ2) is 6.89. The zero-order valence-electron chi connectivity index (χ0n) is 13.3. The van der Waals surface area contributed by atoms with Crippen LogP contribution in [-0.2, 0) is 11.1 Å². The molecule has 1 N–H and O–H groups in total. The first kappa shape index (κ1) is 19.8. The number of H-pyrrole nitrogens is 1. The SMILES string of the molecule is O=[N+]([O-])c1c(C2(Cl)C=CC=CC2)[nH]c(C(F)(F)F)c1-c1ccc(Cl)c(Cl)c1. The molecule has 1 heterocycles. The second-order valence-electron chi connectivity index (χ2n) is 5.84. The first-order chi connectivity index (χ1) is 12.5. The number of nitro groups is 1. The van der Waals surface area contributed by atoms with Gasteiger partial charge in [-0.15, -0.1) is 11.6 Å². The molecule has 0 amide bonds. The van der Waals surface area contributed by atoms with Crippen LogP contribution in [0.25, 0.3) is 11.1 Å². The molecule has 1 atom stereocenters. The van der Waals surface area contributed by atoms with Crippen molar-refractivity contribution in [3.63, 3.8) is 0 Å². The molecule has 1 aliphatic carbocycles. The molecule has 2 aromatic rings. The van der Waals surface area contributed by atoms with E-state index in [0.717, 1.165) is 6.07 Å². The third kappa shape index (κ3) is 3.59. The van der Waals surface area contributed by atoms with E-state index in [0.29, 0.717) is 0 Å². The van der Waals surface area contributed by atoms with Crippen molar-refractivity contribution < 1.29 is 18.1 Å². The van der Waals surface area contributed by atoms with Gasteiger partial charge in [-0.05, 0) is 24.1 Å². The maximum atomic E-state index is 13.7. The molecule has 3 rings (SSSR count). The highest BCUT2D eigenvalue weighted by Crippen LogP contribution is 2.50. The average Bonchev–Trinajstić information content (AvgIpc) is 3.00. The van der Waals surface area contributed by atoms with Crippen LogP contribution in [0.5, 0.6) is 0 Å². The van der Waals surface area contributed by atoms with E-state index in [1.54, 1.807) is 12.2 Å². The van der Waals surface area contributed by atoms with Gasteiger partial charge >= 0.3 is 11.9 Å². The summed E-state index contributed by atoms with van der Waals surface area (Å²) >= 11 is 18.2. The first-order valence-corrected chi connectivity index (χ1v) is 8.65. The molecule has 4 nitrogen and oxygen atoms in total. The lowest BCUT2D eigenvalue weighted by atomic mass is 9.93. The van der Waals surface area contributed by atoms with Crippen molar-refractivity contribution in [1.29, 1.82) is 0 Å². The zero-order chi connectivity index (χ0) is 20.0. The highest BCUT2D eigenvalue weighted by atomic mass is 35.5. The van der Waals surface area contributed by atoms with E-state index in [9.17, 15) is 23.3 Å². The second-order valence-corrected chi connectivity index (χ2v) is 7.33. The van der Waals surface area contributed by atoms with Gasteiger partial charge in [0, 0.05) is 0 Å². The Bertz CT molecular complexity index is 983. The first-order valence-electron chi connectivity index (χ1n) is 7.51. The minimum atomic E-state index is -4.88. The molecule has 0 saturated carbocycles. The van der Waals surface area contributed by atoms with E-state index < -0.39 is 32.9 Å². The molecule has 142 valence electrons. The smallest absolute Gasteiger partial charge is 0.347 e. The molecule has 0 radical (unpaired) electrons. The number of allylic oxidation sites excluding steroid dienone is 4. The van der Waals surface area contributed by atoms with Crippen LogP contribution in [0.15, 0.2) is 42.5 Å². The van der Waals surface area contributed by atoms with Gasteiger partial charge in [0.2, 0.25) is 0 Å². The fourth-order valence-electron chi connectivity index (χ4n) is 2.90. The Labute approximate surface area is 166 Å². The Kier molecular flexibility index (Phi) is 5.05. The fourth-order valence-corrected chi connectivity index (χ4v) is 3.50. The summed E-state index contributed by atoms with van der Waals surface area (Å²) in [5.41, 5.74) is -3.10. The number of nitrogens with one attached hydrogen (secondary N) is 1. The number of hydrogen-bond donors (Lipinski definition) is 1. The lowest BCUT2D eigenvalue weighted by molar-refractivity contribution is -0.385. The van der Waals surface area contributed by atoms with E-state index >= 15 is 0 Å². The molecular weight excluding hydrogens is 428 g/mol. The third-order valence-electron chi connectivity index (χ3n) is 4.09. The number of aromatic nitrogens is 1. The summed E-state index contributed by atoms with van der Waals surface area (Å²) in [6, 6.07) is 3.66. The number of halogens is 6. The van der Waals surface area contributed by atoms with Crippen molar-refractivity contribution in [3.05, 3.63) is 74.1 Å². The van der Waals surface area contributed by atoms with Gasteiger partial charge < -0.3 is 4.98 Å². The van der Waals surface area contributed by atoms with E-state index in [1.807, 2.05) is 0 Å². The lowest BCUT2D eigenvalue weighted by Gasteiger charge is -2.22. The summed E-state index contributed by atoms with van der Waals surface area (Å²) in [4.78, 5) is 11.5. The Morgan fingerprint density at radius 1 is 1.19 bits per heavy atom. The molecule has 10 heteroatoms. The van der Waals surface area contributed by atoms with Gasteiger partial charge in [0.25, 0.3) is 0 Å². The van der Waals surface area contributed by atoms with Crippen molar-refractivity contribution in [3.8, 4) is 11.1 Å². The lowest BCUT2D eigenvalue weighted by Crippen LogP contribution is -2.19. The van der Waals surface area contributed by atoms with Gasteiger partial charge in [-0.3, -0.25) is 10.1 Å². The normalized spacial score (nSPS) is 19.5. The number of benzene rings is 1. The molecule has 1 aromatic carbocycles. The maximum absolute atomic E-state index is 13.7. The van der Waals surface area contributed by atoms with Gasteiger partial charge in [-0.1, -0.05) is 53.6 Å². The standard InChI is InChI=1S/C17H10Cl3F3N2O2/c18-10-5-4-9(8-11(10)19)12-13(25(26)27)15(24-14(12)17(21,22)23)16(20)6-2-1-3-7-16/h1-6,8,24H,7H2. The zero-order valence-corrected chi connectivity index (χ0v) is 15.5. The summed E-state index contributed by atoms with van der Waals surface area (Å²) in [6.07, 6.45) is 1.40. The molecule has 0 saturated heterocycles. The topological polar surface area (TPSA) is 58.9 Å². The fraction of sp³-hybridized carbons (Fsp3) is 0.176. The minimum absolute atomic E-state index is 0.0274. The summed E-state index contributed by atoms with van der Waals surface area (Å²) < 4.78 is 41.0. The minimum Gasteiger partial charge on any atom is -0.347 e. The van der Waals surface area contributed by atoms with Crippen LogP contribution in [0.2, 0.25) is 10.0 Å². The van der Waals surface area contributed by atoms with Crippen molar-refractivity contribution in [2.75, 3.05) is 0 Å². The van der Waals surface area contributed by atoms with Crippen LogP contribution in [-0.4, -0.2) is 9.91 Å². The van der Waals surface area contributed by atoms with Gasteiger partial charge in [0.1, 0.15) is 16.3 Å². The average molecular weight is 438 g/mol. The highest BCUT2D eigenvalue weighted by molar-refractivity contribution is 6.42. The van der Waals surface area contributed by atoms with E-state index in [4.69, 9.17) is 34.8 Å². The molecule has 1 aliphatic rings. The molecule has 0 spiro atoms. The van der Waals surface area contributed by atoms with E-state index in [1.165, 1.54) is 24.3 Å². The van der Waals surface area contributed by atoms with Crippen LogP contribution in [0, 0.1) is 10.1 Å². The quantitative estimate of drug-likeness (QED) is 0.324. The predicted molar refractivity (Wildman–Crippen MR) is 98.3 cm³/mol. The summed E-state index contributed by atoms with van der Waals surface area (Å²) in [7, 11) is 0. The van der Waals surface area contributed by atoms with Crippen molar-refractivity contribution in [2.45, 2.75) is 17.5 Å². The van der Waals surface area contributed by atoms with Gasteiger partial charge in [0.05, 0.1) is 20.5 Å². The van der Waals surface area contributed by atoms with Crippen molar-refractivity contribution in [1.82, 2.24) is 4.98 Å². The molecule has 1 aromatic heterocycles. The number of rotatable bonds is 3. The monoisotopic (exact) mass is 436 g/mol. The van der Waals surface area contributed by atoms with Gasteiger partial charge in [-0.2, -0.15) is 13.2 Å². The maximum Gasteiger partial charge on any atom is 0.432 e. The Hall–Kier alpha value is -1.96. The van der Waals surface area contributed by atoms with Crippen LogP contribution in [0.4, 0.5) is 18.9 Å². The van der Waals surface area contributed by atoms with Crippen LogP contribution in [0.3, 0.4) is 0 Å². The highest BCUT2D eigenvalue weighted by Gasteiger charge is 2.46. The van der Waals surface area contributed by atoms with Gasteiger partial charge in [0.15, 0.2) is 0 Å². The summed E-state index contributed by atoms with van der Waals surface area (Å²) in [5, 5.41) is 11.8. The van der Waals surface area contributed by atoms with E-state index in [2.05, 4.69) is 4.98 Å². The molecule has 0 aliphatic heterocycles. The van der Waals surface area contributed by atoms with Crippen LogP contribution in [0.1, 0.15) is 17.8 Å². The Morgan fingerprint density at radius 2 is 1.89 bits per heavy atom. The summed E-state index contributed by atoms with van der Waals surface area (Å²) in [6.45, 7) is 0. The predicted octanol–water partition coefficient (Wildman–Crippen LogP) is 6.87. The number of aromatic amines is 1. The van der Waals surface area contributed by atoms with Crippen LogP contribution >= 0.6 is 34.8 Å². The Morgan fingerprint density at radius 3 is 2.41 bits per heavy atom. The van der Waals surface area contributed by atoms with E-state index in [-0.39, 0.29) is 27.7 Å². The molecular formula is C17H10Cl3F3N2O2. The van der Waals surface area contributed by atoms with Crippen molar-refractivity contribution >= 4 is 40.5 Å². The number of alkyl halides is 4. The van der Waals surface area contributed by atoms with Gasteiger partial charge in [-0.25, -0.2) is 0 Å². The number of hydrogen-bond acceptors (Lipinski definition) is 2. The summed E-state index contributed by atoms with van der Waals surface area (Å²) in [5.74, 6) is 0. The van der Waals surface area contributed by atoms with Crippen LogP contribution < -0.4 is 0 Å².